The second kappa shape index (κ2) is 8.98. The number of fused-ring (bicyclic) bond motifs is 2. The van der Waals surface area contributed by atoms with Crippen LogP contribution in [0.5, 0.6) is 5.75 Å². The average molecular weight is 547 g/mol. The van der Waals surface area contributed by atoms with E-state index in [0.717, 1.165) is 30.2 Å². The van der Waals surface area contributed by atoms with E-state index in [0.29, 0.717) is 13.5 Å². The van der Waals surface area contributed by atoms with Crippen LogP contribution in [-0.2, 0) is 11.3 Å². The van der Waals surface area contributed by atoms with Crippen molar-refractivity contribution in [1.29, 1.82) is 0 Å². The van der Waals surface area contributed by atoms with Crippen LogP contribution in [0.4, 0.5) is 11.4 Å². The molecule has 33 heavy (non-hydrogen) atoms. The van der Waals surface area contributed by atoms with E-state index in [2.05, 4.69) is 101 Å². The van der Waals surface area contributed by atoms with Crippen molar-refractivity contribution in [3.8, 4) is 5.75 Å². The Morgan fingerprint density at radius 3 is 2.36 bits per heavy atom. The maximum atomic E-state index is 6.04. The molecule has 3 aromatic carbocycles. The van der Waals surface area contributed by atoms with Crippen LogP contribution < -0.4 is 35.7 Å². The van der Waals surface area contributed by atoms with Crippen molar-refractivity contribution in [3.05, 3.63) is 121 Å². The molecule has 0 saturated carbocycles. The summed E-state index contributed by atoms with van der Waals surface area (Å²) in [4.78, 5) is 4.46. The van der Waals surface area contributed by atoms with Gasteiger partial charge in [-0.25, -0.2) is 0 Å². The first-order valence-electron chi connectivity index (χ1n) is 11.1. The fraction of sp³-hybridized carbons (Fsp3) is 0.143. The molecule has 0 fully saturated rings. The Morgan fingerprint density at radius 2 is 1.55 bits per heavy atom. The minimum atomic E-state index is -0.257. The Kier molecular flexibility index (Phi) is 5.56. The number of para-hydroxylation sites is 2. The monoisotopic (exact) mass is 547 g/mol. The van der Waals surface area contributed by atoms with Gasteiger partial charge in [-0.05, 0) is 0 Å². The number of anilines is 2. The summed E-state index contributed by atoms with van der Waals surface area (Å²) in [6, 6.07) is 27.6. The van der Waals surface area contributed by atoms with E-state index in [-0.39, 0.29) is 21.2 Å². The molecule has 0 atom stereocenters. The van der Waals surface area contributed by atoms with E-state index >= 15 is 0 Å². The van der Waals surface area contributed by atoms with Crippen LogP contribution in [0, 0.1) is 3.57 Å². The standard InChI is InChI=1S/C28H24IN2O2/c1-3-7-25(8-4-1)30-17-21-15-23(11-13-27(21)32-19-30)29-24-12-14-28-22(16-24)18-31(20-33-28)26-9-5-2-6-10-26/h1-15,18H,16-17,19-20H2/q-1. The SMILES string of the molecule is C1=C([I-]c2ccc3c(c2)CN(c2ccccc2)CO3)CC2=CN(c3ccccc3)COC2=C1. The van der Waals surface area contributed by atoms with Crippen molar-refractivity contribution in [2.24, 2.45) is 0 Å². The van der Waals surface area contributed by atoms with E-state index in [1.165, 1.54) is 24.0 Å². The van der Waals surface area contributed by atoms with E-state index < -0.39 is 0 Å². The predicted molar refractivity (Wildman–Crippen MR) is 127 cm³/mol. The van der Waals surface area contributed by atoms with Gasteiger partial charge in [0.25, 0.3) is 0 Å². The average Bonchev–Trinajstić information content (AvgIpc) is 2.89. The molecule has 0 aromatic heterocycles. The second-order valence-electron chi connectivity index (χ2n) is 8.21. The molecule has 0 radical (unpaired) electrons. The molecule has 3 aliphatic rings. The molecule has 0 spiro atoms. The molecule has 0 saturated heterocycles. The summed E-state index contributed by atoms with van der Waals surface area (Å²) < 4.78 is 15.0. The Balaban J connectivity index is 1.18. The van der Waals surface area contributed by atoms with Crippen molar-refractivity contribution in [2.45, 2.75) is 13.0 Å². The van der Waals surface area contributed by atoms with Gasteiger partial charge in [0.15, 0.2) is 0 Å². The van der Waals surface area contributed by atoms with Gasteiger partial charge in [-0.15, -0.1) is 0 Å². The number of halogens is 1. The van der Waals surface area contributed by atoms with Crippen LogP contribution in [0.2, 0.25) is 0 Å². The van der Waals surface area contributed by atoms with Gasteiger partial charge in [0.1, 0.15) is 0 Å². The first kappa shape index (κ1) is 20.4. The third-order valence-corrected chi connectivity index (χ3v) is 8.69. The van der Waals surface area contributed by atoms with E-state index in [4.69, 9.17) is 9.47 Å². The Labute approximate surface area is 204 Å². The summed E-state index contributed by atoms with van der Waals surface area (Å²) in [6.45, 7) is 2.03. The van der Waals surface area contributed by atoms with Gasteiger partial charge in [0.05, 0.1) is 0 Å². The summed E-state index contributed by atoms with van der Waals surface area (Å²) in [5.74, 6) is 2.02. The summed E-state index contributed by atoms with van der Waals surface area (Å²) in [6.07, 6.45) is 7.61. The molecule has 0 N–H and O–H groups in total. The van der Waals surface area contributed by atoms with Crippen molar-refractivity contribution in [3.63, 3.8) is 0 Å². The zero-order chi connectivity index (χ0) is 22.0. The molecule has 3 aromatic rings. The molecule has 0 amide bonds. The molecule has 2 heterocycles. The Morgan fingerprint density at radius 1 is 0.758 bits per heavy atom. The van der Waals surface area contributed by atoms with Gasteiger partial charge < -0.3 is 0 Å². The molecule has 1 aliphatic carbocycles. The molecule has 0 unspecified atom stereocenters. The number of rotatable bonds is 4. The maximum absolute atomic E-state index is 6.04. The van der Waals surface area contributed by atoms with Gasteiger partial charge in [0, 0.05) is 0 Å². The number of allylic oxidation sites excluding steroid dienone is 4. The molecule has 5 heteroatoms. The zero-order valence-corrected chi connectivity index (χ0v) is 20.3. The van der Waals surface area contributed by atoms with Crippen LogP contribution in [0.15, 0.2) is 112 Å². The number of ether oxygens (including phenoxy) is 2. The van der Waals surface area contributed by atoms with Gasteiger partial charge in [-0.3, -0.25) is 0 Å². The topological polar surface area (TPSA) is 24.9 Å². The minimum absolute atomic E-state index is 0.257. The number of hydrogen-bond donors (Lipinski definition) is 0. The van der Waals surface area contributed by atoms with Crippen LogP contribution >= 0.6 is 0 Å². The fourth-order valence-corrected chi connectivity index (χ4v) is 6.92. The van der Waals surface area contributed by atoms with Crippen LogP contribution in [0.1, 0.15) is 12.0 Å². The summed E-state index contributed by atoms with van der Waals surface area (Å²) in [7, 11) is 0. The number of hydrogen-bond acceptors (Lipinski definition) is 4. The second-order valence-corrected chi connectivity index (χ2v) is 11.4. The third kappa shape index (κ3) is 4.37. The zero-order valence-electron chi connectivity index (χ0n) is 18.2. The van der Waals surface area contributed by atoms with E-state index in [9.17, 15) is 0 Å². The van der Waals surface area contributed by atoms with Gasteiger partial charge in [-0.2, -0.15) is 0 Å². The van der Waals surface area contributed by atoms with E-state index in [1.54, 1.807) is 0 Å². The third-order valence-electron chi connectivity index (χ3n) is 5.96. The van der Waals surface area contributed by atoms with E-state index in [1.807, 2.05) is 6.07 Å². The van der Waals surface area contributed by atoms with Crippen molar-refractivity contribution in [2.75, 3.05) is 23.3 Å². The van der Waals surface area contributed by atoms with Crippen molar-refractivity contribution in [1.82, 2.24) is 0 Å². The molecule has 166 valence electrons. The summed E-state index contributed by atoms with van der Waals surface area (Å²) in [5, 5.41) is 0. The normalized spacial score (nSPS) is 17.2. The molecular formula is C28H24IN2O2-. The molecule has 6 rings (SSSR count). The summed E-state index contributed by atoms with van der Waals surface area (Å²) in [5.41, 5.74) is 4.89. The van der Waals surface area contributed by atoms with Gasteiger partial charge >= 0.3 is 205 Å². The quantitative estimate of drug-likeness (QED) is 0.470. The first-order chi connectivity index (χ1) is 16.3. The predicted octanol–water partition coefficient (Wildman–Crippen LogP) is 2.85. The molecular weight excluding hydrogens is 523 g/mol. The van der Waals surface area contributed by atoms with Crippen LogP contribution in [0.3, 0.4) is 0 Å². The van der Waals surface area contributed by atoms with Crippen molar-refractivity contribution < 1.29 is 30.7 Å². The van der Waals surface area contributed by atoms with Crippen molar-refractivity contribution >= 4 is 11.4 Å². The fourth-order valence-electron chi connectivity index (χ4n) is 4.26. The molecule has 0 bridgehead atoms. The number of nitrogens with zero attached hydrogens (tertiary/aromatic N) is 2. The summed E-state index contributed by atoms with van der Waals surface area (Å²) >= 11 is -0.257. The van der Waals surface area contributed by atoms with Crippen LogP contribution in [-0.4, -0.2) is 13.5 Å². The Bertz CT molecular complexity index is 1250. The first-order valence-corrected chi connectivity index (χ1v) is 13.2. The molecule has 2 aliphatic heterocycles. The van der Waals surface area contributed by atoms with Gasteiger partial charge in [-0.1, -0.05) is 0 Å². The number of benzene rings is 3. The van der Waals surface area contributed by atoms with Gasteiger partial charge in [0.2, 0.25) is 0 Å². The Hall–Kier alpha value is -3.19. The van der Waals surface area contributed by atoms with Crippen LogP contribution in [0.25, 0.3) is 0 Å². The molecule has 4 nitrogen and oxygen atoms in total.